The first-order valence-corrected chi connectivity index (χ1v) is 6.18. The third kappa shape index (κ3) is 8.15. The molecule has 0 heterocycles. The monoisotopic (exact) mass is 274 g/mol. The van der Waals surface area contributed by atoms with Crippen LogP contribution in [0.2, 0.25) is 0 Å². The molecule has 19 heavy (non-hydrogen) atoms. The zero-order valence-corrected chi connectivity index (χ0v) is 11.6. The molecule has 3 amide bonds. The number of hydrogen-bond acceptors (Lipinski definition) is 4. The highest BCUT2D eigenvalue weighted by molar-refractivity contribution is 5.96. The third-order valence-electron chi connectivity index (χ3n) is 2.39. The van der Waals surface area contributed by atoms with Gasteiger partial charge in [0.25, 0.3) is 0 Å². The van der Waals surface area contributed by atoms with Gasteiger partial charge in [-0.05, 0) is 27.2 Å². The minimum Gasteiger partial charge on any atom is -0.481 e. The fourth-order valence-corrected chi connectivity index (χ4v) is 1.21. The van der Waals surface area contributed by atoms with E-state index in [1.807, 2.05) is 6.92 Å². The van der Waals surface area contributed by atoms with E-state index in [-0.39, 0.29) is 6.42 Å². The number of aliphatic carboxylic acids is 1. The van der Waals surface area contributed by atoms with Crippen LogP contribution in [0.15, 0.2) is 0 Å². The van der Waals surface area contributed by atoms with Crippen LogP contribution in [0.5, 0.6) is 0 Å². The Morgan fingerprint density at radius 3 is 2.42 bits per heavy atom. The number of carbonyl (C=O) groups is 3. The van der Waals surface area contributed by atoms with Gasteiger partial charge in [-0.25, -0.2) is 4.79 Å². The normalized spacial score (nSPS) is 10.9. The molecule has 0 aromatic carbocycles. The average molecular weight is 274 g/mol. The fourth-order valence-electron chi connectivity index (χ4n) is 1.21. The molecule has 0 saturated heterocycles. The van der Waals surface area contributed by atoms with Crippen molar-refractivity contribution in [3.8, 4) is 0 Å². The average Bonchev–Trinajstić information content (AvgIpc) is 2.27. The van der Waals surface area contributed by atoms with Gasteiger partial charge in [-0.3, -0.25) is 14.9 Å². The number of imide groups is 1. The van der Waals surface area contributed by atoms with E-state index < -0.39 is 23.3 Å². The molecule has 0 aliphatic rings. The molecule has 110 valence electrons. The topological polar surface area (TPSA) is 105 Å². The lowest BCUT2D eigenvalue weighted by Gasteiger charge is -2.17. The first-order chi connectivity index (χ1) is 8.79. The largest absolute Gasteiger partial charge is 0.481 e. The van der Waals surface area contributed by atoms with Crippen molar-refractivity contribution < 1.29 is 24.2 Å². The maximum atomic E-state index is 11.4. The van der Waals surface area contributed by atoms with E-state index in [1.165, 1.54) is 13.8 Å². The van der Waals surface area contributed by atoms with Crippen LogP contribution in [0, 0.1) is 5.41 Å². The van der Waals surface area contributed by atoms with E-state index in [9.17, 15) is 14.4 Å². The highest BCUT2D eigenvalue weighted by Gasteiger charge is 2.30. The number of carbonyl (C=O) groups excluding carboxylic acids is 2. The summed E-state index contributed by atoms with van der Waals surface area (Å²) in [5, 5.41) is 13.4. The standard InChI is InChI=1S/C12H22N2O5/c1-4-19-7-5-6-13-11(18)14-9(15)8-12(2,3)10(16)17/h4-8H2,1-3H3,(H,16,17)(H2,13,14,15,18). The van der Waals surface area contributed by atoms with Gasteiger partial charge in [0.1, 0.15) is 0 Å². The second-order valence-electron chi connectivity index (χ2n) is 4.72. The van der Waals surface area contributed by atoms with E-state index in [0.29, 0.717) is 26.2 Å². The van der Waals surface area contributed by atoms with Gasteiger partial charge in [-0.2, -0.15) is 0 Å². The molecule has 0 spiro atoms. The van der Waals surface area contributed by atoms with Gasteiger partial charge in [-0.1, -0.05) is 0 Å². The predicted molar refractivity (Wildman–Crippen MR) is 68.7 cm³/mol. The zero-order valence-electron chi connectivity index (χ0n) is 11.6. The van der Waals surface area contributed by atoms with Crippen molar-refractivity contribution in [1.82, 2.24) is 10.6 Å². The molecule has 0 unspecified atom stereocenters. The molecule has 3 N–H and O–H groups in total. The SMILES string of the molecule is CCOCCCNC(=O)NC(=O)CC(C)(C)C(=O)O. The molecular weight excluding hydrogens is 252 g/mol. The van der Waals surface area contributed by atoms with Gasteiger partial charge >= 0.3 is 12.0 Å². The Kier molecular flexibility index (Phi) is 7.74. The van der Waals surface area contributed by atoms with Gasteiger partial charge < -0.3 is 15.2 Å². The maximum absolute atomic E-state index is 11.4. The van der Waals surface area contributed by atoms with Crippen LogP contribution in [-0.4, -0.2) is 42.8 Å². The van der Waals surface area contributed by atoms with Crippen LogP contribution in [0.4, 0.5) is 4.79 Å². The Balaban J connectivity index is 3.87. The summed E-state index contributed by atoms with van der Waals surface area (Å²) in [6, 6.07) is -0.623. The van der Waals surface area contributed by atoms with E-state index in [4.69, 9.17) is 9.84 Å². The van der Waals surface area contributed by atoms with E-state index in [0.717, 1.165) is 0 Å². The molecule has 0 rings (SSSR count). The number of nitrogens with one attached hydrogen (secondary N) is 2. The minimum absolute atomic E-state index is 0.255. The Morgan fingerprint density at radius 2 is 1.89 bits per heavy atom. The first kappa shape index (κ1) is 17.4. The van der Waals surface area contributed by atoms with Crippen molar-refractivity contribution in [3.63, 3.8) is 0 Å². The molecule has 7 heteroatoms. The number of carboxylic acid groups (broad SMARTS) is 1. The molecule has 0 radical (unpaired) electrons. The highest BCUT2D eigenvalue weighted by Crippen LogP contribution is 2.19. The molecule has 0 bridgehead atoms. The van der Waals surface area contributed by atoms with Gasteiger partial charge in [0.15, 0.2) is 0 Å². The third-order valence-corrected chi connectivity index (χ3v) is 2.39. The molecule has 0 fully saturated rings. The Labute approximate surface area is 112 Å². The summed E-state index contributed by atoms with van der Waals surface area (Å²) >= 11 is 0. The van der Waals surface area contributed by atoms with Gasteiger partial charge in [0.05, 0.1) is 5.41 Å². The maximum Gasteiger partial charge on any atom is 0.321 e. The molecule has 0 saturated carbocycles. The summed E-state index contributed by atoms with van der Waals surface area (Å²) in [7, 11) is 0. The van der Waals surface area contributed by atoms with E-state index in [1.54, 1.807) is 0 Å². The Bertz CT molecular complexity index is 328. The summed E-state index contributed by atoms with van der Waals surface area (Å²) < 4.78 is 5.08. The number of rotatable bonds is 8. The number of amides is 3. The predicted octanol–water partition coefficient (Wildman–Crippen LogP) is 0.740. The Hall–Kier alpha value is -1.63. The van der Waals surface area contributed by atoms with Crippen LogP contribution in [0.1, 0.15) is 33.6 Å². The van der Waals surface area contributed by atoms with Gasteiger partial charge in [0.2, 0.25) is 5.91 Å². The molecule has 0 aromatic rings. The van der Waals surface area contributed by atoms with Crippen molar-refractivity contribution in [2.24, 2.45) is 5.41 Å². The van der Waals surface area contributed by atoms with Crippen molar-refractivity contribution in [3.05, 3.63) is 0 Å². The number of urea groups is 1. The summed E-state index contributed by atoms with van der Waals surface area (Å²) in [6.07, 6.45) is 0.394. The molecule has 0 aliphatic heterocycles. The van der Waals surface area contributed by atoms with Crippen LogP contribution in [0.3, 0.4) is 0 Å². The fraction of sp³-hybridized carbons (Fsp3) is 0.750. The van der Waals surface area contributed by atoms with Crippen LogP contribution in [0.25, 0.3) is 0 Å². The molecular formula is C12H22N2O5. The minimum atomic E-state index is -1.20. The van der Waals surface area contributed by atoms with Crippen molar-refractivity contribution in [2.45, 2.75) is 33.6 Å². The quantitative estimate of drug-likeness (QED) is 0.566. The zero-order chi connectivity index (χ0) is 14.9. The molecule has 0 aromatic heterocycles. The number of carboxylic acids is 1. The van der Waals surface area contributed by atoms with Crippen LogP contribution < -0.4 is 10.6 Å². The summed E-state index contributed by atoms with van der Waals surface area (Å²) in [4.78, 5) is 33.6. The lowest BCUT2D eigenvalue weighted by atomic mass is 9.89. The number of ether oxygens (including phenoxy) is 1. The van der Waals surface area contributed by atoms with Crippen LogP contribution >= 0.6 is 0 Å². The molecule has 0 atom stereocenters. The van der Waals surface area contributed by atoms with Crippen molar-refractivity contribution in [1.29, 1.82) is 0 Å². The van der Waals surface area contributed by atoms with Gasteiger partial charge in [-0.15, -0.1) is 0 Å². The summed E-state index contributed by atoms with van der Waals surface area (Å²) in [5.41, 5.74) is -1.20. The van der Waals surface area contributed by atoms with E-state index in [2.05, 4.69) is 10.6 Å². The summed E-state index contributed by atoms with van der Waals surface area (Å²) in [5.74, 6) is -1.70. The van der Waals surface area contributed by atoms with Gasteiger partial charge in [0, 0.05) is 26.2 Å². The van der Waals surface area contributed by atoms with Crippen LogP contribution in [-0.2, 0) is 14.3 Å². The second-order valence-corrected chi connectivity index (χ2v) is 4.72. The first-order valence-electron chi connectivity index (χ1n) is 6.18. The Morgan fingerprint density at radius 1 is 1.26 bits per heavy atom. The van der Waals surface area contributed by atoms with Crippen molar-refractivity contribution in [2.75, 3.05) is 19.8 Å². The van der Waals surface area contributed by atoms with E-state index >= 15 is 0 Å². The molecule has 7 nitrogen and oxygen atoms in total. The smallest absolute Gasteiger partial charge is 0.321 e. The molecule has 0 aliphatic carbocycles. The summed E-state index contributed by atoms with van der Waals surface area (Å²) in [6.45, 7) is 6.28. The van der Waals surface area contributed by atoms with Crippen molar-refractivity contribution >= 4 is 17.9 Å². The lowest BCUT2D eigenvalue weighted by Crippen LogP contribution is -2.42. The highest BCUT2D eigenvalue weighted by atomic mass is 16.5. The number of hydrogen-bond donors (Lipinski definition) is 3. The lowest BCUT2D eigenvalue weighted by molar-refractivity contribution is -0.149. The second kappa shape index (κ2) is 8.47.